The lowest BCUT2D eigenvalue weighted by atomic mass is 9.64. The molecule has 104 valence electrons. The first-order valence-electron chi connectivity index (χ1n) is 6.98. The van der Waals surface area contributed by atoms with Crippen molar-refractivity contribution in [2.45, 2.75) is 52.4 Å². The van der Waals surface area contributed by atoms with Crippen LogP contribution in [0.3, 0.4) is 0 Å². The van der Waals surface area contributed by atoms with E-state index in [-0.39, 0.29) is 23.7 Å². The molecule has 4 atom stereocenters. The van der Waals surface area contributed by atoms with E-state index in [1.807, 2.05) is 6.92 Å². The van der Waals surface area contributed by atoms with E-state index >= 15 is 0 Å². The number of aliphatic carboxylic acids is 2. The van der Waals surface area contributed by atoms with E-state index < -0.39 is 11.9 Å². The third kappa shape index (κ3) is 3.24. The van der Waals surface area contributed by atoms with Gasteiger partial charge < -0.3 is 10.2 Å². The molecule has 1 aliphatic carbocycles. The minimum Gasteiger partial charge on any atom is -0.481 e. The molecule has 2 N–H and O–H groups in total. The predicted octanol–water partition coefficient (Wildman–Crippen LogP) is 3.01. The van der Waals surface area contributed by atoms with Crippen molar-refractivity contribution < 1.29 is 19.8 Å². The Kier molecular flexibility index (Phi) is 5.63. The summed E-state index contributed by atoms with van der Waals surface area (Å²) < 4.78 is 0. The summed E-state index contributed by atoms with van der Waals surface area (Å²) in [7, 11) is 0. The quantitative estimate of drug-likeness (QED) is 0.766. The molecule has 4 unspecified atom stereocenters. The van der Waals surface area contributed by atoms with Gasteiger partial charge in [0.15, 0.2) is 0 Å². The van der Waals surface area contributed by atoms with E-state index in [1.165, 1.54) is 0 Å². The van der Waals surface area contributed by atoms with Crippen LogP contribution < -0.4 is 0 Å². The maximum atomic E-state index is 11.3. The van der Waals surface area contributed by atoms with Gasteiger partial charge in [0.05, 0.1) is 11.8 Å². The van der Waals surface area contributed by atoms with Crippen molar-refractivity contribution in [3.8, 4) is 0 Å². The first-order valence-corrected chi connectivity index (χ1v) is 6.98. The largest absolute Gasteiger partial charge is 0.481 e. The lowest BCUT2D eigenvalue weighted by Crippen LogP contribution is -2.41. The first-order chi connectivity index (χ1) is 8.52. The van der Waals surface area contributed by atoms with Gasteiger partial charge in [-0.15, -0.1) is 0 Å². The lowest BCUT2D eigenvalue weighted by molar-refractivity contribution is -0.155. The fraction of sp³-hybridized carbons (Fsp3) is 0.857. The average molecular weight is 256 g/mol. The van der Waals surface area contributed by atoms with Crippen molar-refractivity contribution in [2.75, 3.05) is 0 Å². The number of carboxylic acids is 2. The monoisotopic (exact) mass is 256 g/mol. The minimum atomic E-state index is -0.757. The second-order valence-corrected chi connectivity index (χ2v) is 5.34. The molecule has 4 heteroatoms. The Morgan fingerprint density at radius 2 is 1.50 bits per heavy atom. The van der Waals surface area contributed by atoms with Gasteiger partial charge in [0.2, 0.25) is 0 Å². The predicted molar refractivity (Wildman–Crippen MR) is 68.3 cm³/mol. The van der Waals surface area contributed by atoms with E-state index in [0.717, 1.165) is 25.7 Å². The zero-order chi connectivity index (χ0) is 13.7. The molecule has 1 saturated carbocycles. The standard InChI is InChI=1S/C14H24O4/c1-3-5-6-10-9(4-2)11(13(15)16)7-8-12(10)14(17)18/h9-12H,3-8H2,1-2H3,(H,15,16)(H,17,18). The topological polar surface area (TPSA) is 74.6 Å². The van der Waals surface area contributed by atoms with Crippen LogP contribution in [0.1, 0.15) is 52.4 Å². The second kappa shape index (κ2) is 6.76. The molecule has 0 aromatic heterocycles. The van der Waals surface area contributed by atoms with Gasteiger partial charge in [0, 0.05) is 0 Å². The Labute approximate surface area is 108 Å². The summed E-state index contributed by atoms with van der Waals surface area (Å²) in [5.74, 6) is -2.17. The minimum absolute atomic E-state index is 0.0175. The molecule has 0 aromatic carbocycles. The molecule has 1 rings (SSSR count). The van der Waals surface area contributed by atoms with Crippen LogP contribution in [0.15, 0.2) is 0 Å². The molecule has 0 aliphatic heterocycles. The van der Waals surface area contributed by atoms with Crippen LogP contribution in [0.25, 0.3) is 0 Å². The average Bonchev–Trinajstić information content (AvgIpc) is 2.34. The van der Waals surface area contributed by atoms with Crippen molar-refractivity contribution in [2.24, 2.45) is 23.7 Å². The Hall–Kier alpha value is -1.06. The number of hydrogen-bond donors (Lipinski definition) is 2. The fourth-order valence-electron chi connectivity index (χ4n) is 3.44. The first kappa shape index (κ1) is 15.0. The molecule has 0 bridgehead atoms. The number of hydrogen-bond acceptors (Lipinski definition) is 2. The van der Waals surface area contributed by atoms with E-state index in [0.29, 0.717) is 12.8 Å². The summed E-state index contributed by atoms with van der Waals surface area (Å²) in [5.41, 5.74) is 0. The van der Waals surface area contributed by atoms with Crippen LogP contribution in [0.2, 0.25) is 0 Å². The number of unbranched alkanes of at least 4 members (excludes halogenated alkanes) is 1. The van der Waals surface area contributed by atoms with Gasteiger partial charge in [-0.1, -0.05) is 33.1 Å². The Balaban J connectivity index is 2.88. The highest BCUT2D eigenvalue weighted by Crippen LogP contribution is 2.43. The molecule has 0 amide bonds. The summed E-state index contributed by atoms with van der Waals surface area (Å²) >= 11 is 0. The number of carboxylic acid groups (broad SMARTS) is 2. The molecule has 0 aromatic rings. The van der Waals surface area contributed by atoms with Gasteiger partial charge in [0.25, 0.3) is 0 Å². The van der Waals surface area contributed by atoms with Crippen LogP contribution in [0.5, 0.6) is 0 Å². The zero-order valence-corrected chi connectivity index (χ0v) is 11.3. The van der Waals surface area contributed by atoms with Crippen molar-refractivity contribution in [3.63, 3.8) is 0 Å². The summed E-state index contributed by atoms with van der Waals surface area (Å²) in [6, 6.07) is 0. The van der Waals surface area contributed by atoms with Gasteiger partial charge in [-0.3, -0.25) is 9.59 Å². The summed E-state index contributed by atoms with van der Waals surface area (Å²) in [6.45, 7) is 4.05. The van der Waals surface area contributed by atoms with Gasteiger partial charge in [0.1, 0.15) is 0 Å². The van der Waals surface area contributed by atoms with Crippen molar-refractivity contribution in [3.05, 3.63) is 0 Å². The molecule has 0 heterocycles. The highest BCUT2D eigenvalue weighted by molar-refractivity contribution is 5.73. The van der Waals surface area contributed by atoms with Gasteiger partial charge >= 0.3 is 11.9 Å². The summed E-state index contributed by atoms with van der Waals surface area (Å²) in [6.07, 6.45) is 4.63. The van der Waals surface area contributed by atoms with Crippen LogP contribution in [0.4, 0.5) is 0 Å². The summed E-state index contributed by atoms with van der Waals surface area (Å²) in [5, 5.41) is 18.6. The van der Waals surface area contributed by atoms with Crippen LogP contribution in [0, 0.1) is 23.7 Å². The highest BCUT2D eigenvalue weighted by atomic mass is 16.4. The maximum absolute atomic E-state index is 11.3. The molecule has 1 fully saturated rings. The highest BCUT2D eigenvalue weighted by Gasteiger charge is 2.43. The van der Waals surface area contributed by atoms with Crippen LogP contribution in [-0.4, -0.2) is 22.2 Å². The lowest BCUT2D eigenvalue weighted by Gasteiger charge is -2.39. The Morgan fingerprint density at radius 1 is 1.00 bits per heavy atom. The van der Waals surface area contributed by atoms with Crippen LogP contribution in [-0.2, 0) is 9.59 Å². The van der Waals surface area contributed by atoms with Crippen LogP contribution >= 0.6 is 0 Å². The Bertz CT molecular complexity index is 300. The number of rotatable bonds is 6. The van der Waals surface area contributed by atoms with E-state index in [9.17, 15) is 19.8 Å². The Morgan fingerprint density at radius 3 is 1.89 bits per heavy atom. The third-order valence-electron chi connectivity index (χ3n) is 4.37. The third-order valence-corrected chi connectivity index (χ3v) is 4.37. The van der Waals surface area contributed by atoms with E-state index in [1.54, 1.807) is 0 Å². The van der Waals surface area contributed by atoms with Gasteiger partial charge in [-0.2, -0.15) is 0 Å². The molecule has 18 heavy (non-hydrogen) atoms. The maximum Gasteiger partial charge on any atom is 0.306 e. The molecule has 1 aliphatic rings. The second-order valence-electron chi connectivity index (χ2n) is 5.34. The molecular formula is C14H24O4. The smallest absolute Gasteiger partial charge is 0.306 e. The van der Waals surface area contributed by atoms with Crippen molar-refractivity contribution in [1.82, 2.24) is 0 Å². The van der Waals surface area contributed by atoms with E-state index in [4.69, 9.17) is 0 Å². The molecular weight excluding hydrogens is 232 g/mol. The zero-order valence-electron chi connectivity index (χ0n) is 11.3. The van der Waals surface area contributed by atoms with Gasteiger partial charge in [-0.05, 0) is 31.1 Å². The van der Waals surface area contributed by atoms with E-state index in [2.05, 4.69) is 6.92 Å². The number of carbonyl (C=O) groups is 2. The normalized spacial score (nSPS) is 32.1. The molecule has 0 radical (unpaired) electrons. The van der Waals surface area contributed by atoms with Crippen molar-refractivity contribution in [1.29, 1.82) is 0 Å². The SMILES string of the molecule is CCCCC1C(C(=O)O)CCC(C(=O)O)C1CC. The molecule has 4 nitrogen and oxygen atoms in total. The fourth-order valence-corrected chi connectivity index (χ4v) is 3.44. The van der Waals surface area contributed by atoms with Gasteiger partial charge in [-0.25, -0.2) is 0 Å². The summed E-state index contributed by atoms with van der Waals surface area (Å²) in [4.78, 5) is 22.6. The van der Waals surface area contributed by atoms with Crippen molar-refractivity contribution >= 4 is 11.9 Å². The molecule has 0 saturated heterocycles. The molecule has 0 spiro atoms.